The van der Waals surface area contributed by atoms with Crippen LogP contribution in [-0.2, 0) is 17.0 Å². The number of carbonyl (C=O) groups is 1. The molecule has 3 aromatic rings. The van der Waals surface area contributed by atoms with Crippen LogP contribution in [-0.4, -0.2) is 41.2 Å². The topological polar surface area (TPSA) is 87.5 Å². The number of benzene rings is 2. The van der Waals surface area contributed by atoms with Gasteiger partial charge in [0.1, 0.15) is 5.82 Å². The van der Waals surface area contributed by atoms with Crippen LogP contribution in [0.3, 0.4) is 0 Å². The van der Waals surface area contributed by atoms with Crippen LogP contribution in [0.25, 0.3) is 0 Å². The van der Waals surface area contributed by atoms with Crippen molar-refractivity contribution in [1.82, 2.24) is 20.1 Å². The van der Waals surface area contributed by atoms with E-state index in [0.717, 1.165) is 33.6 Å². The molecule has 9 heteroatoms. The maximum Gasteiger partial charge on any atom is 0.251 e. The number of amides is 1. The van der Waals surface area contributed by atoms with Crippen molar-refractivity contribution in [3.8, 4) is 11.5 Å². The average molecular weight is 455 g/mol. The molecule has 0 radical (unpaired) electrons. The van der Waals surface area contributed by atoms with Crippen LogP contribution in [0.5, 0.6) is 11.5 Å². The molecule has 1 amide bonds. The van der Waals surface area contributed by atoms with Crippen molar-refractivity contribution in [3.63, 3.8) is 0 Å². The first-order valence-electron chi connectivity index (χ1n) is 10.3. The predicted molar refractivity (Wildman–Crippen MR) is 121 cm³/mol. The molecular formula is C23H26N4O4S. The van der Waals surface area contributed by atoms with Crippen molar-refractivity contribution in [3.05, 3.63) is 65.0 Å². The van der Waals surface area contributed by atoms with E-state index in [4.69, 9.17) is 14.2 Å². The molecule has 0 bridgehead atoms. The number of hydrogen-bond donors (Lipinski definition) is 1. The molecule has 0 saturated heterocycles. The van der Waals surface area contributed by atoms with Crippen LogP contribution in [0.4, 0.5) is 0 Å². The summed E-state index contributed by atoms with van der Waals surface area (Å²) in [6.07, 6.45) is 0. The van der Waals surface area contributed by atoms with Gasteiger partial charge in [-0.05, 0) is 49.2 Å². The Morgan fingerprint density at radius 2 is 1.91 bits per heavy atom. The van der Waals surface area contributed by atoms with Crippen LogP contribution in [0.15, 0.2) is 47.6 Å². The maximum absolute atomic E-state index is 12.5. The predicted octanol–water partition coefficient (Wildman–Crippen LogP) is 3.74. The number of ether oxygens (including phenoxy) is 3. The summed E-state index contributed by atoms with van der Waals surface area (Å²) in [6.45, 7) is 5.28. The quantitative estimate of drug-likeness (QED) is 0.493. The lowest BCUT2D eigenvalue weighted by Gasteiger charge is -2.15. The highest BCUT2D eigenvalue weighted by atomic mass is 32.2. The highest BCUT2D eigenvalue weighted by molar-refractivity contribution is 7.98. The number of carbonyl (C=O) groups excluding carboxylic acids is 1. The van der Waals surface area contributed by atoms with E-state index in [9.17, 15) is 4.79 Å². The minimum atomic E-state index is -0.120. The molecule has 1 aromatic heterocycles. The standard InChI is InChI=1S/C23H26N4O4S/c1-15(12-29-3)27-16(2)25-26-23(27)32-13-17-4-7-19(8-5-17)22(28)24-11-18-6-9-20-21(10-18)31-14-30-20/h4-10,15H,11-14H2,1-3H3,(H,24,28). The lowest BCUT2D eigenvalue weighted by molar-refractivity contribution is 0.0951. The molecule has 32 heavy (non-hydrogen) atoms. The first-order valence-corrected chi connectivity index (χ1v) is 11.3. The molecule has 2 heterocycles. The molecule has 1 N–H and O–H groups in total. The van der Waals surface area contributed by atoms with Crippen LogP contribution >= 0.6 is 11.8 Å². The van der Waals surface area contributed by atoms with E-state index in [1.54, 1.807) is 18.9 Å². The van der Waals surface area contributed by atoms with E-state index < -0.39 is 0 Å². The van der Waals surface area contributed by atoms with Gasteiger partial charge in [0.05, 0.1) is 12.6 Å². The fraction of sp³-hybridized carbons (Fsp3) is 0.348. The number of nitrogens with zero attached hydrogens (tertiary/aromatic N) is 3. The van der Waals surface area contributed by atoms with E-state index in [0.29, 0.717) is 24.5 Å². The molecule has 8 nitrogen and oxygen atoms in total. The zero-order chi connectivity index (χ0) is 22.5. The Morgan fingerprint density at radius 3 is 2.69 bits per heavy atom. The van der Waals surface area contributed by atoms with Gasteiger partial charge in [0.2, 0.25) is 6.79 Å². The van der Waals surface area contributed by atoms with E-state index in [1.807, 2.05) is 49.4 Å². The average Bonchev–Trinajstić information content (AvgIpc) is 3.42. The number of nitrogens with one attached hydrogen (secondary N) is 1. The molecule has 168 valence electrons. The monoisotopic (exact) mass is 454 g/mol. The summed E-state index contributed by atoms with van der Waals surface area (Å²) in [4.78, 5) is 12.5. The van der Waals surface area contributed by atoms with Crippen LogP contribution in [0, 0.1) is 6.92 Å². The van der Waals surface area contributed by atoms with Crippen molar-refractivity contribution >= 4 is 17.7 Å². The largest absolute Gasteiger partial charge is 0.454 e. The second-order valence-electron chi connectivity index (χ2n) is 7.56. The third kappa shape index (κ3) is 5.05. The number of aromatic nitrogens is 3. The number of fused-ring (bicyclic) bond motifs is 1. The van der Waals surface area contributed by atoms with Crippen molar-refractivity contribution in [2.45, 2.75) is 37.3 Å². The summed E-state index contributed by atoms with van der Waals surface area (Å²) in [6, 6.07) is 13.4. The number of hydrogen-bond acceptors (Lipinski definition) is 7. The summed E-state index contributed by atoms with van der Waals surface area (Å²) >= 11 is 1.62. The van der Waals surface area contributed by atoms with Gasteiger partial charge in [0, 0.05) is 25.0 Å². The molecular weight excluding hydrogens is 428 g/mol. The van der Waals surface area contributed by atoms with Crippen LogP contribution in [0.2, 0.25) is 0 Å². The Bertz CT molecular complexity index is 1080. The summed E-state index contributed by atoms with van der Waals surface area (Å²) < 4.78 is 18.0. The third-order valence-electron chi connectivity index (χ3n) is 5.16. The first kappa shape index (κ1) is 22.2. The van der Waals surface area contributed by atoms with Gasteiger partial charge in [-0.3, -0.25) is 4.79 Å². The Kier molecular flexibility index (Phi) is 6.96. The fourth-order valence-electron chi connectivity index (χ4n) is 3.51. The van der Waals surface area contributed by atoms with Crippen molar-refractivity contribution < 1.29 is 19.0 Å². The Hall–Kier alpha value is -3.04. The maximum atomic E-state index is 12.5. The van der Waals surface area contributed by atoms with Crippen molar-refractivity contribution in [2.24, 2.45) is 0 Å². The normalized spacial score (nSPS) is 13.2. The van der Waals surface area contributed by atoms with Gasteiger partial charge in [-0.1, -0.05) is 30.0 Å². The molecule has 0 aliphatic carbocycles. The first-order chi connectivity index (χ1) is 15.5. The smallest absolute Gasteiger partial charge is 0.251 e. The van der Waals surface area contributed by atoms with Crippen molar-refractivity contribution in [1.29, 1.82) is 0 Å². The molecule has 0 saturated carbocycles. The highest BCUT2D eigenvalue weighted by Crippen LogP contribution is 2.32. The molecule has 1 unspecified atom stereocenters. The fourth-order valence-corrected chi connectivity index (χ4v) is 4.54. The van der Waals surface area contributed by atoms with Gasteiger partial charge < -0.3 is 24.1 Å². The molecule has 1 aliphatic rings. The second-order valence-corrected chi connectivity index (χ2v) is 8.50. The number of methoxy groups -OCH3 is 1. The zero-order valence-corrected chi connectivity index (χ0v) is 19.1. The minimum Gasteiger partial charge on any atom is -0.454 e. The van der Waals surface area contributed by atoms with Gasteiger partial charge in [0.15, 0.2) is 16.7 Å². The summed E-state index contributed by atoms with van der Waals surface area (Å²) in [5.41, 5.74) is 2.68. The molecule has 2 aromatic carbocycles. The summed E-state index contributed by atoms with van der Waals surface area (Å²) in [7, 11) is 1.69. The van der Waals surface area contributed by atoms with E-state index in [1.165, 1.54) is 0 Å². The minimum absolute atomic E-state index is 0.120. The number of thioether (sulfide) groups is 1. The Labute approximate surface area is 191 Å². The zero-order valence-electron chi connectivity index (χ0n) is 18.3. The molecule has 4 rings (SSSR count). The molecule has 1 atom stereocenters. The van der Waals surface area contributed by atoms with Gasteiger partial charge in [-0.25, -0.2) is 0 Å². The molecule has 0 spiro atoms. The van der Waals surface area contributed by atoms with Gasteiger partial charge in [-0.2, -0.15) is 0 Å². The summed E-state index contributed by atoms with van der Waals surface area (Å²) in [5.74, 6) is 2.92. The molecule has 1 aliphatic heterocycles. The highest BCUT2D eigenvalue weighted by Gasteiger charge is 2.16. The number of aryl methyl sites for hydroxylation is 1. The van der Waals surface area contributed by atoms with Gasteiger partial charge in [-0.15, -0.1) is 10.2 Å². The Balaban J connectivity index is 1.32. The molecule has 0 fully saturated rings. The van der Waals surface area contributed by atoms with Gasteiger partial charge in [0.25, 0.3) is 5.91 Å². The van der Waals surface area contributed by atoms with E-state index in [-0.39, 0.29) is 18.7 Å². The lowest BCUT2D eigenvalue weighted by Crippen LogP contribution is -2.22. The van der Waals surface area contributed by atoms with E-state index >= 15 is 0 Å². The SMILES string of the molecule is COCC(C)n1c(C)nnc1SCc1ccc(C(=O)NCc2ccc3c(c2)OCO3)cc1. The van der Waals surface area contributed by atoms with Crippen molar-refractivity contribution in [2.75, 3.05) is 20.5 Å². The van der Waals surface area contributed by atoms with E-state index in [2.05, 4.69) is 27.0 Å². The van der Waals surface area contributed by atoms with Crippen LogP contribution in [0.1, 0.15) is 40.3 Å². The Morgan fingerprint density at radius 1 is 1.16 bits per heavy atom. The third-order valence-corrected chi connectivity index (χ3v) is 6.17. The van der Waals surface area contributed by atoms with Crippen LogP contribution < -0.4 is 14.8 Å². The number of rotatable bonds is 9. The lowest BCUT2D eigenvalue weighted by atomic mass is 10.1. The second kappa shape index (κ2) is 10.1. The van der Waals surface area contributed by atoms with Gasteiger partial charge >= 0.3 is 0 Å². The summed E-state index contributed by atoms with van der Waals surface area (Å²) in [5, 5.41) is 12.3.